The van der Waals surface area contributed by atoms with Crippen LogP contribution in [0.25, 0.3) is 0 Å². The van der Waals surface area contributed by atoms with Gasteiger partial charge in [0.25, 0.3) is 0 Å². The third kappa shape index (κ3) is 3.15. The van der Waals surface area contributed by atoms with Gasteiger partial charge in [0, 0.05) is 6.54 Å². The minimum absolute atomic E-state index is 0.136. The summed E-state index contributed by atoms with van der Waals surface area (Å²) in [6, 6.07) is 2.69. The maximum Gasteiger partial charge on any atom is 0.393 e. The molecule has 0 spiro atoms. The summed E-state index contributed by atoms with van der Waals surface area (Å²) in [4.78, 5) is 11.9. The van der Waals surface area contributed by atoms with Crippen LogP contribution in [0.1, 0.15) is 25.1 Å². The molecule has 1 aliphatic rings. The summed E-state index contributed by atoms with van der Waals surface area (Å²) < 4.78 is 48.5. The first kappa shape index (κ1) is 14.9. The molecule has 1 aliphatic heterocycles. The molecule has 0 aromatic carbocycles. The van der Waals surface area contributed by atoms with E-state index in [1.165, 1.54) is 6.26 Å². The van der Waals surface area contributed by atoms with E-state index in [-0.39, 0.29) is 19.6 Å². The van der Waals surface area contributed by atoms with Gasteiger partial charge in [0.2, 0.25) is 0 Å². The fourth-order valence-electron chi connectivity index (χ4n) is 2.44. The van der Waals surface area contributed by atoms with Crippen molar-refractivity contribution in [2.45, 2.75) is 25.6 Å². The van der Waals surface area contributed by atoms with E-state index in [9.17, 15) is 18.0 Å². The molecule has 2 heterocycles. The summed E-state index contributed by atoms with van der Waals surface area (Å²) in [5.41, 5.74) is 0. The molecule has 4 nitrogen and oxygen atoms in total. The van der Waals surface area contributed by atoms with Crippen LogP contribution < -0.4 is 5.32 Å². The predicted octanol–water partition coefficient (Wildman–Crippen LogP) is 2.67. The maximum atomic E-state index is 12.8. The summed E-state index contributed by atoms with van der Waals surface area (Å²) in [7, 11) is 0. The normalized spacial score (nSPS) is 27.3. The number of halogens is 3. The Bertz CT molecular complexity index is 444. The van der Waals surface area contributed by atoms with E-state index >= 15 is 0 Å². The number of ether oxygens (including phenoxy) is 1. The Morgan fingerprint density at radius 3 is 2.85 bits per heavy atom. The molecule has 112 valence electrons. The molecule has 1 fully saturated rings. The lowest BCUT2D eigenvalue weighted by Gasteiger charge is -2.35. The first-order valence-corrected chi connectivity index (χ1v) is 6.43. The Balaban J connectivity index is 2.19. The van der Waals surface area contributed by atoms with Gasteiger partial charge in [-0.3, -0.25) is 4.79 Å². The Morgan fingerprint density at radius 1 is 1.55 bits per heavy atom. The third-order valence-corrected chi connectivity index (χ3v) is 3.43. The van der Waals surface area contributed by atoms with Gasteiger partial charge in [-0.05, 0) is 25.5 Å². The number of hydrogen-bond acceptors (Lipinski definition) is 4. The number of hydrogen-bond donors (Lipinski definition) is 1. The van der Waals surface area contributed by atoms with E-state index in [0.29, 0.717) is 5.76 Å². The van der Waals surface area contributed by atoms with Crippen molar-refractivity contribution in [2.24, 2.45) is 11.8 Å². The predicted molar refractivity (Wildman–Crippen MR) is 63.7 cm³/mol. The first-order chi connectivity index (χ1) is 9.43. The largest absolute Gasteiger partial charge is 0.468 e. The second-order valence-corrected chi connectivity index (χ2v) is 4.73. The minimum atomic E-state index is -4.33. The van der Waals surface area contributed by atoms with E-state index < -0.39 is 30.0 Å². The van der Waals surface area contributed by atoms with E-state index in [4.69, 9.17) is 9.15 Å². The van der Waals surface area contributed by atoms with Gasteiger partial charge in [0.1, 0.15) is 5.76 Å². The van der Waals surface area contributed by atoms with Crippen LogP contribution in [0.2, 0.25) is 0 Å². The van der Waals surface area contributed by atoms with Gasteiger partial charge in [0.05, 0.1) is 30.7 Å². The molecule has 0 bridgehead atoms. The van der Waals surface area contributed by atoms with Gasteiger partial charge in [0.15, 0.2) is 0 Å². The van der Waals surface area contributed by atoms with E-state index in [0.717, 1.165) is 0 Å². The molecule has 1 saturated heterocycles. The fraction of sp³-hybridized carbons (Fsp3) is 0.615. The van der Waals surface area contributed by atoms with E-state index in [1.807, 2.05) is 0 Å². The van der Waals surface area contributed by atoms with Crippen molar-refractivity contribution in [2.75, 3.05) is 13.2 Å². The Hall–Kier alpha value is -1.50. The zero-order chi connectivity index (χ0) is 14.8. The molecule has 20 heavy (non-hydrogen) atoms. The first-order valence-electron chi connectivity index (χ1n) is 6.43. The van der Waals surface area contributed by atoms with Crippen LogP contribution in [-0.4, -0.2) is 25.3 Å². The molecular formula is C13H16F3NO3. The van der Waals surface area contributed by atoms with Crippen molar-refractivity contribution in [3.63, 3.8) is 0 Å². The number of nitrogens with one attached hydrogen (secondary N) is 1. The van der Waals surface area contributed by atoms with Crippen LogP contribution in [0.4, 0.5) is 13.2 Å². The second kappa shape index (κ2) is 5.87. The highest BCUT2D eigenvalue weighted by Crippen LogP contribution is 2.39. The zero-order valence-corrected chi connectivity index (χ0v) is 10.9. The average molecular weight is 291 g/mol. The van der Waals surface area contributed by atoms with Crippen LogP contribution in [-0.2, 0) is 9.53 Å². The molecular weight excluding hydrogens is 275 g/mol. The quantitative estimate of drug-likeness (QED) is 0.870. The van der Waals surface area contributed by atoms with Gasteiger partial charge in [-0.2, -0.15) is 13.2 Å². The highest BCUT2D eigenvalue weighted by molar-refractivity contribution is 5.73. The van der Waals surface area contributed by atoms with Crippen molar-refractivity contribution >= 4 is 5.97 Å². The van der Waals surface area contributed by atoms with Crippen molar-refractivity contribution in [3.05, 3.63) is 24.2 Å². The molecule has 1 aromatic heterocycles. The van der Waals surface area contributed by atoms with E-state index in [2.05, 4.69) is 5.32 Å². The molecule has 1 aromatic rings. The SMILES string of the molecule is CCOC(=O)C1CC(C(F)(F)F)CNC1c1ccco1. The molecule has 3 unspecified atom stereocenters. The highest BCUT2D eigenvalue weighted by Gasteiger charge is 2.48. The molecule has 2 rings (SSSR count). The molecule has 0 saturated carbocycles. The smallest absolute Gasteiger partial charge is 0.393 e. The maximum absolute atomic E-state index is 12.8. The number of esters is 1. The van der Waals surface area contributed by atoms with Crippen LogP contribution in [0.5, 0.6) is 0 Å². The Morgan fingerprint density at radius 2 is 2.30 bits per heavy atom. The zero-order valence-electron chi connectivity index (χ0n) is 10.9. The summed E-state index contributed by atoms with van der Waals surface area (Å²) >= 11 is 0. The van der Waals surface area contributed by atoms with Gasteiger partial charge in [-0.15, -0.1) is 0 Å². The number of alkyl halides is 3. The number of furan rings is 1. The van der Waals surface area contributed by atoms with Crippen LogP contribution in [0.3, 0.4) is 0 Å². The topological polar surface area (TPSA) is 51.5 Å². The molecule has 0 amide bonds. The average Bonchev–Trinajstić information content (AvgIpc) is 2.91. The monoisotopic (exact) mass is 291 g/mol. The van der Waals surface area contributed by atoms with Gasteiger partial charge < -0.3 is 14.5 Å². The van der Waals surface area contributed by atoms with Crippen molar-refractivity contribution in [1.82, 2.24) is 5.32 Å². The molecule has 1 N–H and O–H groups in total. The molecule has 0 aliphatic carbocycles. The number of rotatable bonds is 3. The van der Waals surface area contributed by atoms with Gasteiger partial charge in [-0.25, -0.2) is 0 Å². The van der Waals surface area contributed by atoms with Gasteiger partial charge >= 0.3 is 12.1 Å². The summed E-state index contributed by atoms with van der Waals surface area (Å²) in [5.74, 6) is -2.64. The molecule has 7 heteroatoms. The summed E-state index contributed by atoms with van der Waals surface area (Å²) in [5, 5.41) is 2.75. The lowest BCUT2D eigenvalue weighted by atomic mass is 9.83. The molecule has 0 radical (unpaired) electrons. The Kier molecular flexibility index (Phi) is 4.37. The van der Waals surface area contributed by atoms with Crippen LogP contribution in [0, 0.1) is 11.8 Å². The standard InChI is InChI=1S/C13H16F3NO3/c1-2-19-12(18)9-6-8(13(14,15)16)7-17-11(9)10-4-3-5-20-10/h3-5,8-9,11,17H,2,6-7H2,1H3. The molecule has 3 atom stereocenters. The highest BCUT2D eigenvalue weighted by atomic mass is 19.4. The third-order valence-electron chi connectivity index (χ3n) is 3.43. The minimum Gasteiger partial charge on any atom is -0.468 e. The summed E-state index contributed by atoms with van der Waals surface area (Å²) in [6.07, 6.45) is -3.19. The van der Waals surface area contributed by atoms with Crippen LogP contribution in [0.15, 0.2) is 22.8 Å². The van der Waals surface area contributed by atoms with Crippen molar-refractivity contribution < 1.29 is 27.1 Å². The van der Waals surface area contributed by atoms with Gasteiger partial charge in [-0.1, -0.05) is 0 Å². The fourth-order valence-corrected chi connectivity index (χ4v) is 2.44. The second-order valence-electron chi connectivity index (χ2n) is 4.73. The van der Waals surface area contributed by atoms with E-state index in [1.54, 1.807) is 19.1 Å². The Labute approximate surface area is 114 Å². The lowest BCUT2D eigenvalue weighted by molar-refractivity contribution is -0.188. The lowest BCUT2D eigenvalue weighted by Crippen LogP contribution is -2.47. The van der Waals surface area contributed by atoms with Crippen LogP contribution >= 0.6 is 0 Å². The number of carbonyl (C=O) groups excluding carboxylic acids is 1. The summed E-state index contributed by atoms with van der Waals surface area (Å²) in [6.45, 7) is 1.53. The number of carbonyl (C=O) groups is 1. The number of piperidine rings is 1. The van der Waals surface area contributed by atoms with Crippen molar-refractivity contribution in [1.29, 1.82) is 0 Å². The van der Waals surface area contributed by atoms with Crippen molar-refractivity contribution in [3.8, 4) is 0 Å².